The Bertz CT molecular complexity index is 2040. The Morgan fingerprint density at radius 3 is 2.03 bits per heavy atom. The Hall–Kier alpha value is -6.45. The first-order chi connectivity index (χ1) is 35.7. The number of phenols is 1. The van der Waals surface area contributed by atoms with Crippen molar-refractivity contribution >= 4 is 59.3 Å². The van der Waals surface area contributed by atoms with Crippen LogP contribution in [-0.2, 0) is 55.9 Å². The second-order valence-electron chi connectivity index (χ2n) is 17.4. The van der Waals surface area contributed by atoms with Gasteiger partial charge in [0.05, 0.1) is 32.3 Å². The van der Waals surface area contributed by atoms with Crippen molar-refractivity contribution in [1.29, 1.82) is 0 Å². The average Bonchev–Trinajstić information content (AvgIpc) is 3.38. The van der Waals surface area contributed by atoms with Gasteiger partial charge in [-0.25, -0.2) is 9.59 Å². The summed E-state index contributed by atoms with van der Waals surface area (Å²) in [6, 6.07) is 10.3. The van der Waals surface area contributed by atoms with E-state index in [4.69, 9.17) is 15.2 Å². The first kappa shape index (κ1) is 63.7. The van der Waals surface area contributed by atoms with Crippen molar-refractivity contribution in [3.63, 3.8) is 0 Å². The number of phenolic OH excluding ortho intramolecular Hbond substituents is 1. The first-order valence-corrected chi connectivity index (χ1v) is 26.9. The highest BCUT2D eigenvalue weighted by Crippen LogP contribution is 2.12. The highest BCUT2D eigenvalue weighted by molar-refractivity contribution is 7.98. The molecule has 0 aliphatic rings. The summed E-state index contributed by atoms with van der Waals surface area (Å²) in [4.78, 5) is 102. The van der Waals surface area contributed by atoms with Crippen LogP contribution in [-0.4, -0.2) is 140 Å². The van der Waals surface area contributed by atoms with Gasteiger partial charge in [0.25, 0.3) is 0 Å². The Kier molecular flexibility index (Phi) is 34.4. The van der Waals surface area contributed by atoms with Gasteiger partial charge in [-0.1, -0.05) is 93.0 Å². The quantitative estimate of drug-likeness (QED) is 0.0337. The van der Waals surface area contributed by atoms with E-state index in [0.29, 0.717) is 42.7 Å². The van der Waals surface area contributed by atoms with Gasteiger partial charge in [0.2, 0.25) is 35.4 Å². The zero-order chi connectivity index (χ0) is 54.2. The number of allylic oxidation sites excluding steroid dienone is 4. The van der Waals surface area contributed by atoms with Gasteiger partial charge >= 0.3 is 12.1 Å². The van der Waals surface area contributed by atoms with Crippen LogP contribution in [0.1, 0.15) is 102 Å². The maximum atomic E-state index is 13.8. The van der Waals surface area contributed by atoms with Crippen LogP contribution in [0.15, 0.2) is 78.9 Å². The number of benzene rings is 2. The Labute approximate surface area is 439 Å². The van der Waals surface area contributed by atoms with Gasteiger partial charge in [-0.15, -0.1) is 0 Å². The molecule has 74 heavy (non-hydrogen) atoms. The molecule has 0 heterocycles. The van der Waals surface area contributed by atoms with Crippen LogP contribution in [0.25, 0.3) is 0 Å². The van der Waals surface area contributed by atoms with Gasteiger partial charge in [-0.2, -0.15) is 11.8 Å². The maximum absolute atomic E-state index is 13.8. The summed E-state index contributed by atoms with van der Waals surface area (Å²) >= 11 is 1.41. The minimum Gasteiger partial charge on any atom is -0.508 e. The fourth-order valence-corrected chi connectivity index (χ4v) is 7.60. The third-order valence-electron chi connectivity index (χ3n) is 11.2. The lowest BCUT2D eigenvalue weighted by atomic mass is 10.0. The number of hydrogen-bond acceptors (Lipinski definition) is 13. The number of unbranched alkanes of at least 4 members (excludes halogenated alkanes) is 6. The Balaban J connectivity index is 1.72. The topological polar surface area (TPSA) is 306 Å². The number of amides is 7. The van der Waals surface area contributed by atoms with E-state index in [1.165, 1.54) is 23.9 Å². The minimum atomic E-state index is -1.31. The summed E-state index contributed by atoms with van der Waals surface area (Å²) in [7, 11) is 0. The van der Waals surface area contributed by atoms with Crippen LogP contribution >= 0.6 is 11.8 Å². The third kappa shape index (κ3) is 31.2. The number of carbonyl (C=O) groups excluding carboxylic acids is 7. The number of nitrogens with one attached hydrogen (secondary N) is 7. The van der Waals surface area contributed by atoms with Crippen molar-refractivity contribution in [1.82, 2.24) is 37.2 Å². The number of hydrogen-bond donors (Lipinski definition) is 10. The van der Waals surface area contributed by atoms with E-state index in [-0.39, 0.29) is 63.7 Å². The SMILES string of the molecule is CC/C=C/C/C=C/CCCCCCCC(=O)NCCOCCOC(=O)NCCCC[C@H](NC(=O)[C@H](CCSC)NC(=O)[C@H](Cc1ccccc1)NC(=O)CNC(=O)CNC(=O)[C@@H](N)Cc1ccc(O)cc1)C(=O)O. The van der Waals surface area contributed by atoms with E-state index in [1.54, 1.807) is 42.5 Å². The largest absolute Gasteiger partial charge is 0.508 e. The van der Waals surface area contributed by atoms with Crippen LogP contribution in [0.3, 0.4) is 0 Å². The van der Waals surface area contributed by atoms with Crippen molar-refractivity contribution in [2.75, 3.05) is 58.0 Å². The minimum absolute atomic E-state index is 0.00545. The van der Waals surface area contributed by atoms with Crippen molar-refractivity contribution in [2.45, 2.75) is 127 Å². The van der Waals surface area contributed by atoms with Gasteiger partial charge in [-0.05, 0) is 99.5 Å². The smallest absolute Gasteiger partial charge is 0.407 e. The molecule has 0 aliphatic heterocycles. The highest BCUT2D eigenvalue weighted by Gasteiger charge is 2.30. The fourth-order valence-electron chi connectivity index (χ4n) is 7.12. The lowest BCUT2D eigenvalue weighted by Gasteiger charge is -2.25. The molecule has 0 unspecified atom stereocenters. The van der Waals surface area contributed by atoms with Crippen molar-refractivity contribution in [3.05, 3.63) is 90.0 Å². The van der Waals surface area contributed by atoms with E-state index >= 15 is 0 Å². The van der Waals surface area contributed by atoms with E-state index in [2.05, 4.69) is 68.4 Å². The van der Waals surface area contributed by atoms with Gasteiger partial charge in [0.1, 0.15) is 30.5 Å². The fraction of sp³-hybridized carbons (Fsp3) is 0.547. The molecule has 11 N–H and O–H groups in total. The lowest BCUT2D eigenvalue weighted by molar-refractivity contribution is -0.142. The van der Waals surface area contributed by atoms with E-state index in [0.717, 1.165) is 51.4 Å². The number of aliphatic carboxylic acids is 1. The molecule has 0 aromatic heterocycles. The standard InChI is InChI=1S/C53H80N8O12S/c1-3-4-5-6-7-8-9-10-11-12-13-17-23-46(63)55-30-31-72-32-33-73-53(71)56-29-19-18-22-44(52(69)70)61-50(67)43(28-34-74-2)60-51(68)45(36-39-20-15-14-16-21-39)59-48(65)38-57-47(64)37-58-49(66)42(54)35-40-24-26-41(62)27-25-40/h4-5,7-8,14-16,20-21,24-27,42-45,62H,3,6,9-13,17-19,22-23,28-38,54H2,1-2H3,(H,55,63)(H,56,71)(H,57,64)(H,58,66)(H,59,65)(H,60,68)(H,61,67)(H,69,70)/b5-4+,8-7+/t42-,43-,44-,45-/m0/s1. The maximum Gasteiger partial charge on any atom is 0.407 e. The van der Waals surface area contributed by atoms with Crippen LogP contribution in [0.4, 0.5) is 4.79 Å². The number of carbonyl (C=O) groups is 8. The number of carboxylic acids is 1. The zero-order valence-electron chi connectivity index (χ0n) is 43.0. The molecule has 0 bridgehead atoms. The third-order valence-corrected chi connectivity index (χ3v) is 11.9. The summed E-state index contributed by atoms with van der Waals surface area (Å²) < 4.78 is 10.6. The molecule has 7 amide bonds. The molecule has 0 saturated heterocycles. The molecule has 0 radical (unpaired) electrons. The molecule has 0 fully saturated rings. The number of ether oxygens (including phenoxy) is 2. The molecule has 0 aliphatic carbocycles. The Morgan fingerprint density at radius 1 is 0.622 bits per heavy atom. The number of rotatable bonds is 40. The summed E-state index contributed by atoms with van der Waals surface area (Å²) in [6.45, 7) is 2.04. The Morgan fingerprint density at radius 2 is 1.30 bits per heavy atom. The van der Waals surface area contributed by atoms with Crippen LogP contribution in [0.2, 0.25) is 0 Å². The van der Waals surface area contributed by atoms with E-state index in [1.807, 2.05) is 6.26 Å². The summed E-state index contributed by atoms with van der Waals surface area (Å²) in [5.41, 5.74) is 7.34. The second kappa shape index (κ2) is 40.0. The van der Waals surface area contributed by atoms with Crippen LogP contribution in [0.5, 0.6) is 5.75 Å². The number of carboxylic acid groups (broad SMARTS) is 1. The molecule has 410 valence electrons. The van der Waals surface area contributed by atoms with Crippen molar-refractivity contribution < 1.29 is 58.0 Å². The highest BCUT2D eigenvalue weighted by atomic mass is 32.2. The van der Waals surface area contributed by atoms with Gasteiger partial charge < -0.3 is 62.6 Å². The molecule has 2 rings (SSSR count). The zero-order valence-corrected chi connectivity index (χ0v) is 43.9. The predicted octanol–water partition coefficient (Wildman–Crippen LogP) is 3.70. The van der Waals surface area contributed by atoms with Gasteiger partial charge in [-0.3, -0.25) is 28.8 Å². The summed E-state index contributed by atoms with van der Waals surface area (Å²) in [5, 5.41) is 37.4. The summed E-state index contributed by atoms with van der Waals surface area (Å²) in [5.74, 6) is -4.30. The van der Waals surface area contributed by atoms with Crippen LogP contribution < -0.4 is 43.0 Å². The average molecular weight is 1050 g/mol. The molecular weight excluding hydrogens is 973 g/mol. The monoisotopic (exact) mass is 1050 g/mol. The molecule has 20 nitrogen and oxygen atoms in total. The van der Waals surface area contributed by atoms with Gasteiger partial charge in [0.15, 0.2) is 0 Å². The normalized spacial score (nSPS) is 12.7. The van der Waals surface area contributed by atoms with Gasteiger partial charge in [0, 0.05) is 25.9 Å². The number of thioether (sulfide) groups is 1. The van der Waals surface area contributed by atoms with Crippen molar-refractivity contribution in [3.8, 4) is 5.75 Å². The number of nitrogens with two attached hydrogens (primary N) is 1. The molecule has 4 atom stereocenters. The molecule has 2 aromatic carbocycles. The number of aromatic hydroxyl groups is 1. The molecule has 0 spiro atoms. The second-order valence-corrected chi connectivity index (χ2v) is 18.4. The molecule has 21 heteroatoms. The number of alkyl carbamates (subject to hydrolysis) is 1. The van der Waals surface area contributed by atoms with Crippen LogP contribution in [0, 0.1) is 0 Å². The van der Waals surface area contributed by atoms with E-state index < -0.39 is 78.9 Å². The predicted molar refractivity (Wildman–Crippen MR) is 285 cm³/mol. The van der Waals surface area contributed by atoms with Crippen molar-refractivity contribution in [2.24, 2.45) is 5.73 Å². The summed E-state index contributed by atoms with van der Waals surface area (Å²) in [6.07, 6.45) is 19.8. The molecular formula is C53H80N8O12S. The molecule has 0 saturated carbocycles. The molecule has 2 aromatic rings. The van der Waals surface area contributed by atoms with E-state index in [9.17, 15) is 48.6 Å². The lowest BCUT2D eigenvalue weighted by Crippen LogP contribution is -2.57. The first-order valence-electron chi connectivity index (χ1n) is 25.5.